The van der Waals surface area contributed by atoms with Crippen LogP contribution in [-0.2, 0) is 14.3 Å². The first-order chi connectivity index (χ1) is 19.6. The van der Waals surface area contributed by atoms with Crippen LogP contribution in [0, 0.1) is 46.3 Å². The SMILES string of the molecule is CC(C)CCCC(C)[C@H]1CCC2C3CC=C4C[C@@H](OC(=O)C(O)CC(=O)NCC[N+](C)(C)C)CC[C@]4(C)C3CC[C@@]21C. The standard InChI is InChI=1S/C36H62N2O4/c1-24(2)10-9-11-25(3)29-14-15-30-28-13-12-26-22-27(16-18-35(26,4)31(28)17-19-36(29,30)5)42-34(41)32(39)23-33(40)37-20-21-38(6,7)8/h12,24-25,27-32,39H,9-11,13-23H2,1-8H3/p+1/t25?,27-,28?,29+,30?,31?,32?,35-,36+/m0/s1. The van der Waals surface area contributed by atoms with Gasteiger partial charge in [0.2, 0.25) is 5.91 Å². The Labute approximate surface area is 257 Å². The number of nitrogens with one attached hydrogen (secondary N) is 1. The fourth-order valence-electron chi connectivity index (χ4n) is 9.86. The van der Waals surface area contributed by atoms with E-state index in [2.05, 4.69) is 67.2 Å². The van der Waals surface area contributed by atoms with E-state index >= 15 is 0 Å². The van der Waals surface area contributed by atoms with Crippen molar-refractivity contribution in [3.63, 3.8) is 0 Å². The summed E-state index contributed by atoms with van der Waals surface area (Å²) in [5.41, 5.74) is 2.15. The number of aliphatic hydroxyl groups is 1. The molecule has 1 amide bonds. The Morgan fingerprint density at radius 2 is 1.79 bits per heavy atom. The van der Waals surface area contributed by atoms with Crippen LogP contribution in [0.2, 0.25) is 0 Å². The molecule has 6 heteroatoms. The molecule has 240 valence electrons. The molecule has 4 rings (SSSR count). The molecular formula is C36H63N2O4+. The zero-order chi connectivity index (χ0) is 30.9. The summed E-state index contributed by atoms with van der Waals surface area (Å²) >= 11 is 0. The highest BCUT2D eigenvalue weighted by atomic mass is 16.6. The van der Waals surface area contributed by atoms with Crippen molar-refractivity contribution in [3.05, 3.63) is 11.6 Å². The molecule has 3 fully saturated rings. The number of hydrogen-bond acceptors (Lipinski definition) is 4. The third-order valence-electron chi connectivity index (χ3n) is 12.3. The van der Waals surface area contributed by atoms with Gasteiger partial charge in [0.1, 0.15) is 6.10 Å². The zero-order valence-electron chi connectivity index (χ0n) is 28.2. The van der Waals surface area contributed by atoms with Gasteiger partial charge >= 0.3 is 5.97 Å². The maximum atomic E-state index is 12.7. The van der Waals surface area contributed by atoms with E-state index in [-0.39, 0.29) is 23.8 Å². The summed E-state index contributed by atoms with van der Waals surface area (Å²) in [6, 6.07) is 0. The van der Waals surface area contributed by atoms with E-state index in [1.165, 1.54) is 56.9 Å². The van der Waals surface area contributed by atoms with Gasteiger partial charge in [0, 0.05) is 6.42 Å². The van der Waals surface area contributed by atoms with Gasteiger partial charge in [-0.25, -0.2) is 4.79 Å². The predicted octanol–water partition coefficient (Wildman–Crippen LogP) is 6.51. The largest absolute Gasteiger partial charge is 0.460 e. The second-order valence-electron chi connectivity index (χ2n) is 16.7. The van der Waals surface area contributed by atoms with Crippen LogP contribution in [-0.4, -0.2) is 67.9 Å². The summed E-state index contributed by atoms with van der Waals surface area (Å²) in [5.74, 6) is 3.88. The Kier molecular flexibility index (Phi) is 10.6. The molecule has 4 aliphatic rings. The quantitative estimate of drug-likeness (QED) is 0.155. The number of ether oxygens (including phenoxy) is 1. The van der Waals surface area contributed by atoms with Crippen LogP contribution in [0.4, 0.5) is 0 Å². The van der Waals surface area contributed by atoms with Crippen LogP contribution < -0.4 is 5.32 Å². The van der Waals surface area contributed by atoms with Crippen molar-refractivity contribution in [3.8, 4) is 0 Å². The van der Waals surface area contributed by atoms with E-state index in [0.29, 0.717) is 12.0 Å². The summed E-state index contributed by atoms with van der Waals surface area (Å²) in [6.07, 6.45) is 14.1. The van der Waals surface area contributed by atoms with Crippen molar-refractivity contribution in [2.45, 2.75) is 124 Å². The van der Waals surface area contributed by atoms with Crippen LogP contribution in [0.3, 0.4) is 0 Å². The Hall–Kier alpha value is -1.40. The first-order valence-corrected chi connectivity index (χ1v) is 17.3. The topological polar surface area (TPSA) is 75.6 Å². The highest BCUT2D eigenvalue weighted by Gasteiger charge is 2.59. The number of rotatable bonds is 12. The number of esters is 1. The van der Waals surface area contributed by atoms with Gasteiger partial charge in [-0.2, -0.15) is 0 Å². The van der Waals surface area contributed by atoms with Gasteiger partial charge in [-0.1, -0.05) is 65.5 Å². The number of allylic oxidation sites excluding steroid dienone is 1. The lowest BCUT2D eigenvalue weighted by Crippen LogP contribution is -2.51. The van der Waals surface area contributed by atoms with Crippen molar-refractivity contribution in [2.24, 2.45) is 46.3 Å². The molecule has 0 aliphatic heterocycles. The van der Waals surface area contributed by atoms with E-state index in [1.807, 2.05) is 0 Å². The molecule has 0 heterocycles. The molecule has 0 aromatic heterocycles. The number of carbonyl (C=O) groups excluding carboxylic acids is 2. The molecule has 0 bridgehead atoms. The van der Waals surface area contributed by atoms with E-state index in [4.69, 9.17) is 4.74 Å². The Morgan fingerprint density at radius 3 is 2.48 bits per heavy atom. The van der Waals surface area contributed by atoms with Crippen LogP contribution in [0.15, 0.2) is 11.6 Å². The number of aliphatic hydroxyl groups excluding tert-OH is 1. The zero-order valence-corrected chi connectivity index (χ0v) is 28.2. The number of carbonyl (C=O) groups is 2. The highest BCUT2D eigenvalue weighted by Crippen LogP contribution is 2.67. The molecule has 0 radical (unpaired) electrons. The van der Waals surface area contributed by atoms with Crippen LogP contribution in [0.5, 0.6) is 0 Å². The number of amides is 1. The fourth-order valence-corrected chi connectivity index (χ4v) is 9.86. The van der Waals surface area contributed by atoms with E-state index in [9.17, 15) is 14.7 Å². The molecule has 9 atom stereocenters. The predicted molar refractivity (Wildman–Crippen MR) is 169 cm³/mol. The molecule has 0 aromatic carbocycles. The van der Waals surface area contributed by atoms with Gasteiger partial charge < -0.3 is 19.6 Å². The number of hydrogen-bond donors (Lipinski definition) is 2. The maximum absolute atomic E-state index is 12.7. The molecule has 2 N–H and O–H groups in total. The normalized spacial score (nSPS) is 35.9. The summed E-state index contributed by atoms with van der Waals surface area (Å²) in [5, 5.41) is 13.2. The number of fused-ring (bicyclic) bond motifs is 5. The second-order valence-corrected chi connectivity index (χ2v) is 16.7. The average Bonchev–Trinajstić information content (AvgIpc) is 3.25. The van der Waals surface area contributed by atoms with Gasteiger partial charge in [-0.3, -0.25) is 4.79 Å². The van der Waals surface area contributed by atoms with Gasteiger partial charge in [-0.05, 0) is 91.3 Å². The van der Waals surface area contributed by atoms with Gasteiger partial charge in [0.15, 0.2) is 6.10 Å². The molecule has 0 spiro atoms. The lowest BCUT2D eigenvalue weighted by Gasteiger charge is -2.58. The van der Waals surface area contributed by atoms with Gasteiger partial charge in [0.05, 0.1) is 40.7 Å². The summed E-state index contributed by atoms with van der Waals surface area (Å²) in [4.78, 5) is 25.0. The molecule has 5 unspecified atom stereocenters. The minimum absolute atomic E-state index is 0.193. The smallest absolute Gasteiger partial charge is 0.335 e. The van der Waals surface area contributed by atoms with E-state index in [0.717, 1.165) is 65.8 Å². The molecule has 3 saturated carbocycles. The number of quaternary nitrogens is 1. The monoisotopic (exact) mass is 587 g/mol. The summed E-state index contributed by atoms with van der Waals surface area (Å²) < 4.78 is 6.54. The first kappa shape index (κ1) is 33.5. The van der Waals surface area contributed by atoms with E-state index in [1.54, 1.807) is 0 Å². The molecule has 6 nitrogen and oxygen atoms in total. The Balaban J connectivity index is 1.32. The van der Waals surface area contributed by atoms with Crippen molar-refractivity contribution < 1.29 is 23.9 Å². The number of likely N-dealkylation sites (N-methyl/N-ethyl adjacent to an activating group) is 1. The second kappa shape index (κ2) is 13.3. The van der Waals surface area contributed by atoms with Gasteiger partial charge in [-0.15, -0.1) is 0 Å². The minimum Gasteiger partial charge on any atom is -0.460 e. The summed E-state index contributed by atoms with van der Waals surface area (Å²) in [7, 11) is 6.17. The minimum atomic E-state index is -1.41. The summed E-state index contributed by atoms with van der Waals surface area (Å²) in [6.45, 7) is 13.7. The van der Waals surface area contributed by atoms with Crippen molar-refractivity contribution in [1.82, 2.24) is 5.32 Å². The Morgan fingerprint density at radius 1 is 1.05 bits per heavy atom. The number of nitrogens with zero attached hydrogens (tertiary/aromatic N) is 1. The first-order valence-electron chi connectivity index (χ1n) is 17.3. The maximum Gasteiger partial charge on any atom is 0.335 e. The van der Waals surface area contributed by atoms with Crippen molar-refractivity contribution in [2.75, 3.05) is 34.2 Å². The van der Waals surface area contributed by atoms with Crippen molar-refractivity contribution >= 4 is 11.9 Å². The molecule has 4 aliphatic carbocycles. The lowest BCUT2D eigenvalue weighted by molar-refractivity contribution is -0.869. The van der Waals surface area contributed by atoms with Crippen LogP contribution in [0.25, 0.3) is 0 Å². The van der Waals surface area contributed by atoms with E-state index < -0.39 is 12.1 Å². The molecule has 0 aromatic rings. The van der Waals surface area contributed by atoms with Crippen LogP contribution >= 0.6 is 0 Å². The van der Waals surface area contributed by atoms with Crippen molar-refractivity contribution in [1.29, 1.82) is 0 Å². The lowest BCUT2D eigenvalue weighted by atomic mass is 9.47. The molecular weight excluding hydrogens is 524 g/mol. The van der Waals surface area contributed by atoms with Gasteiger partial charge in [0.25, 0.3) is 0 Å². The van der Waals surface area contributed by atoms with Crippen LogP contribution in [0.1, 0.15) is 112 Å². The third kappa shape index (κ3) is 7.45. The molecule has 42 heavy (non-hydrogen) atoms. The average molecular weight is 588 g/mol. The fraction of sp³-hybridized carbons (Fsp3) is 0.889. The molecule has 0 saturated heterocycles. The third-order valence-corrected chi connectivity index (χ3v) is 12.3. The Bertz CT molecular complexity index is 985. The highest BCUT2D eigenvalue weighted by molar-refractivity contribution is 5.84.